The van der Waals surface area contributed by atoms with Crippen LogP contribution < -0.4 is 0 Å². The number of amides is 1. The first-order valence-corrected chi connectivity index (χ1v) is 8.23. The number of ether oxygens (including phenoxy) is 1. The molecule has 0 saturated carbocycles. The van der Waals surface area contributed by atoms with E-state index in [4.69, 9.17) is 9.15 Å². The molecule has 4 heteroatoms. The fraction of sp³-hybridized carbons (Fsp3) is 0.421. The molecular weight excluding hydrogens is 290 g/mol. The number of benzene rings is 1. The van der Waals surface area contributed by atoms with Crippen molar-refractivity contribution in [2.45, 2.75) is 32.3 Å². The van der Waals surface area contributed by atoms with E-state index in [1.54, 1.807) is 12.3 Å². The molecule has 23 heavy (non-hydrogen) atoms. The summed E-state index contributed by atoms with van der Waals surface area (Å²) in [6, 6.07) is 12.2. The van der Waals surface area contributed by atoms with E-state index in [0.717, 1.165) is 32.4 Å². The molecule has 0 bridgehead atoms. The lowest BCUT2D eigenvalue weighted by molar-refractivity contribution is 0.0524. The number of furan rings is 1. The van der Waals surface area contributed by atoms with Gasteiger partial charge in [0, 0.05) is 19.7 Å². The second-order valence-corrected chi connectivity index (χ2v) is 6.01. The number of hydrogen-bond donors (Lipinski definition) is 0. The smallest absolute Gasteiger partial charge is 0.257 e. The third-order valence-electron chi connectivity index (χ3n) is 4.33. The number of nitrogens with zero attached hydrogens (tertiary/aromatic N) is 1. The van der Waals surface area contributed by atoms with Crippen molar-refractivity contribution in [3.05, 3.63) is 59.5 Å². The molecule has 122 valence electrons. The van der Waals surface area contributed by atoms with Crippen LogP contribution in [0.1, 0.15) is 34.5 Å². The maximum atomic E-state index is 12.4. The molecule has 0 N–H and O–H groups in total. The summed E-state index contributed by atoms with van der Waals surface area (Å²) < 4.78 is 11.2. The molecule has 1 fully saturated rings. The Morgan fingerprint density at radius 2 is 2.13 bits per heavy atom. The third kappa shape index (κ3) is 4.02. The molecule has 4 nitrogen and oxygen atoms in total. The van der Waals surface area contributed by atoms with E-state index in [1.807, 2.05) is 17.9 Å². The van der Waals surface area contributed by atoms with Crippen molar-refractivity contribution in [2.75, 3.05) is 19.7 Å². The summed E-state index contributed by atoms with van der Waals surface area (Å²) in [5.41, 5.74) is 2.00. The van der Waals surface area contributed by atoms with Crippen LogP contribution in [-0.2, 0) is 11.2 Å². The van der Waals surface area contributed by atoms with Gasteiger partial charge in [0.25, 0.3) is 5.91 Å². The number of carbonyl (C=O) groups excluding carboxylic acids is 1. The number of carbonyl (C=O) groups is 1. The average Bonchev–Trinajstić information content (AvgIpc) is 3.21. The Kier molecular flexibility index (Phi) is 5.13. The molecule has 1 aromatic heterocycles. The van der Waals surface area contributed by atoms with Crippen LogP contribution in [0.5, 0.6) is 0 Å². The van der Waals surface area contributed by atoms with E-state index in [0.29, 0.717) is 17.9 Å². The van der Waals surface area contributed by atoms with Crippen molar-refractivity contribution in [3.8, 4) is 0 Å². The van der Waals surface area contributed by atoms with Crippen molar-refractivity contribution < 1.29 is 13.9 Å². The molecule has 1 atom stereocenters. The number of rotatable bonds is 6. The molecule has 1 aliphatic rings. The quantitative estimate of drug-likeness (QED) is 0.767. The molecule has 2 heterocycles. The Bertz CT molecular complexity index is 635. The van der Waals surface area contributed by atoms with Crippen LogP contribution in [0.2, 0.25) is 0 Å². The third-order valence-corrected chi connectivity index (χ3v) is 4.33. The van der Waals surface area contributed by atoms with Crippen molar-refractivity contribution in [2.24, 2.45) is 0 Å². The van der Waals surface area contributed by atoms with Gasteiger partial charge in [-0.05, 0) is 37.8 Å². The Labute approximate surface area is 137 Å². The van der Waals surface area contributed by atoms with Gasteiger partial charge >= 0.3 is 0 Å². The van der Waals surface area contributed by atoms with Crippen molar-refractivity contribution >= 4 is 5.91 Å². The lowest BCUT2D eigenvalue weighted by atomic mass is 10.1. The SMILES string of the molecule is Cc1occc1C(=O)N1CCC(OCCCc2ccccc2)C1. The molecule has 0 spiro atoms. The summed E-state index contributed by atoms with van der Waals surface area (Å²) in [6.45, 7) is 3.99. The van der Waals surface area contributed by atoms with Crippen LogP contribution in [0.25, 0.3) is 0 Å². The van der Waals surface area contributed by atoms with E-state index in [9.17, 15) is 4.79 Å². The Morgan fingerprint density at radius 1 is 1.30 bits per heavy atom. The topological polar surface area (TPSA) is 42.7 Å². The first-order valence-electron chi connectivity index (χ1n) is 8.23. The van der Waals surface area contributed by atoms with Gasteiger partial charge in [0.1, 0.15) is 5.76 Å². The molecule has 3 rings (SSSR count). The summed E-state index contributed by atoms with van der Waals surface area (Å²) >= 11 is 0. The maximum absolute atomic E-state index is 12.4. The highest BCUT2D eigenvalue weighted by Crippen LogP contribution is 2.19. The highest BCUT2D eigenvalue weighted by Gasteiger charge is 2.28. The van der Waals surface area contributed by atoms with Crippen LogP contribution in [0, 0.1) is 6.92 Å². The summed E-state index contributed by atoms with van der Waals surface area (Å²) in [5, 5.41) is 0. The standard InChI is InChI=1S/C19H23NO3/c1-15-18(10-13-22-15)19(21)20-11-9-17(14-20)23-12-5-8-16-6-3-2-4-7-16/h2-4,6-7,10,13,17H,5,8-9,11-12,14H2,1H3. The minimum absolute atomic E-state index is 0.0478. The average molecular weight is 313 g/mol. The summed E-state index contributed by atoms with van der Waals surface area (Å²) in [5.74, 6) is 0.730. The van der Waals surface area contributed by atoms with Gasteiger partial charge in [0.05, 0.1) is 17.9 Å². The zero-order chi connectivity index (χ0) is 16.1. The van der Waals surface area contributed by atoms with Crippen molar-refractivity contribution in [3.63, 3.8) is 0 Å². The molecular formula is C19H23NO3. The van der Waals surface area contributed by atoms with Gasteiger partial charge in [-0.25, -0.2) is 0 Å². The highest BCUT2D eigenvalue weighted by molar-refractivity contribution is 5.95. The fourth-order valence-corrected chi connectivity index (χ4v) is 3.00. The second kappa shape index (κ2) is 7.47. The number of hydrogen-bond acceptors (Lipinski definition) is 3. The lowest BCUT2D eigenvalue weighted by Crippen LogP contribution is -2.30. The summed E-state index contributed by atoms with van der Waals surface area (Å²) in [4.78, 5) is 14.3. The Morgan fingerprint density at radius 3 is 2.87 bits per heavy atom. The predicted molar refractivity (Wildman–Crippen MR) is 88.5 cm³/mol. The van der Waals surface area contributed by atoms with Crippen molar-refractivity contribution in [1.29, 1.82) is 0 Å². The molecule has 1 aromatic carbocycles. The first kappa shape index (κ1) is 15.8. The lowest BCUT2D eigenvalue weighted by Gasteiger charge is -2.16. The van der Waals surface area contributed by atoms with Crippen LogP contribution in [0.3, 0.4) is 0 Å². The largest absolute Gasteiger partial charge is 0.469 e. The number of likely N-dealkylation sites (tertiary alicyclic amines) is 1. The zero-order valence-corrected chi connectivity index (χ0v) is 13.5. The van der Waals surface area contributed by atoms with Crippen LogP contribution in [0.4, 0.5) is 0 Å². The summed E-state index contributed by atoms with van der Waals surface area (Å²) in [6.07, 6.45) is 4.67. The zero-order valence-electron chi connectivity index (χ0n) is 13.5. The predicted octanol–water partition coefficient (Wildman–Crippen LogP) is 3.45. The maximum Gasteiger partial charge on any atom is 0.257 e. The normalized spacial score (nSPS) is 17.6. The molecule has 2 aromatic rings. The Hall–Kier alpha value is -2.07. The van der Waals surface area contributed by atoms with Gasteiger partial charge in [-0.2, -0.15) is 0 Å². The molecule has 1 unspecified atom stereocenters. The monoisotopic (exact) mass is 313 g/mol. The van der Waals surface area contributed by atoms with E-state index < -0.39 is 0 Å². The van der Waals surface area contributed by atoms with Gasteiger partial charge in [-0.15, -0.1) is 0 Å². The van der Waals surface area contributed by atoms with Crippen molar-refractivity contribution in [1.82, 2.24) is 4.90 Å². The van der Waals surface area contributed by atoms with Gasteiger partial charge in [0.2, 0.25) is 0 Å². The second-order valence-electron chi connectivity index (χ2n) is 6.01. The van der Waals surface area contributed by atoms with E-state index in [-0.39, 0.29) is 12.0 Å². The number of aryl methyl sites for hydroxylation is 2. The van der Waals surface area contributed by atoms with Gasteiger partial charge in [-0.3, -0.25) is 4.79 Å². The van der Waals surface area contributed by atoms with Gasteiger partial charge in [0.15, 0.2) is 0 Å². The van der Waals surface area contributed by atoms with Gasteiger partial charge in [-0.1, -0.05) is 30.3 Å². The summed E-state index contributed by atoms with van der Waals surface area (Å²) in [7, 11) is 0. The Balaban J connectivity index is 1.40. The van der Waals surface area contributed by atoms with Crippen LogP contribution in [0.15, 0.2) is 47.1 Å². The molecule has 0 aliphatic carbocycles. The molecule has 1 aliphatic heterocycles. The van der Waals surface area contributed by atoms with Crippen LogP contribution >= 0.6 is 0 Å². The first-order chi connectivity index (χ1) is 11.2. The van der Waals surface area contributed by atoms with E-state index in [1.165, 1.54) is 5.56 Å². The molecule has 1 saturated heterocycles. The minimum Gasteiger partial charge on any atom is -0.469 e. The van der Waals surface area contributed by atoms with Gasteiger partial charge < -0.3 is 14.1 Å². The van der Waals surface area contributed by atoms with E-state index in [2.05, 4.69) is 24.3 Å². The van der Waals surface area contributed by atoms with E-state index >= 15 is 0 Å². The molecule has 1 amide bonds. The highest BCUT2D eigenvalue weighted by atomic mass is 16.5. The van der Waals surface area contributed by atoms with Crippen LogP contribution in [-0.4, -0.2) is 36.6 Å². The fourth-order valence-electron chi connectivity index (χ4n) is 3.00. The molecule has 0 radical (unpaired) electrons. The minimum atomic E-state index is 0.0478.